The summed E-state index contributed by atoms with van der Waals surface area (Å²) in [5, 5.41) is 12.2. The van der Waals surface area contributed by atoms with E-state index in [0.29, 0.717) is 17.5 Å². The summed E-state index contributed by atoms with van der Waals surface area (Å²) in [5.41, 5.74) is 0.640. The summed E-state index contributed by atoms with van der Waals surface area (Å²) >= 11 is 1.22. The molecule has 0 bridgehead atoms. The van der Waals surface area contributed by atoms with E-state index in [0.717, 1.165) is 12.1 Å². The normalized spacial score (nSPS) is 12.8. The molecule has 2 heterocycles. The molecule has 160 valence electrons. The van der Waals surface area contributed by atoms with E-state index < -0.39 is 11.7 Å². The number of alkyl halides is 3. The van der Waals surface area contributed by atoms with Crippen LogP contribution in [0.1, 0.15) is 35.7 Å². The largest absolute Gasteiger partial charge is 0.416 e. The Morgan fingerprint density at radius 2 is 1.81 bits per heavy atom. The van der Waals surface area contributed by atoms with Crippen molar-refractivity contribution >= 4 is 11.8 Å². The number of halogens is 3. The number of hydrogen-bond acceptors (Lipinski definition) is 7. The van der Waals surface area contributed by atoms with E-state index in [1.165, 1.54) is 29.5 Å². The molecule has 4 aromatic rings. The van der Waals surface area contributed by atoms with Crippen LogP contribution in [-0.2, 0) is 18.3 Å². The van der Waals surface area contributed by atoms with Gasteiger partial charge in [-0.25, -0.2) is 0 Å². The van der Waals surface area contributed by atoms with Crippen LogP contribution in [0.2, 0.25) is 0 Å². The van der Waals surface area contributed by atoms with Gasteiger partial charge in [-0.2, -0.15) is 18.2 Å². The molecule has 0 spiro atoms. The highest BCUT2D eigenvalue weighted by Gasteiger charge is 2.30. The Labute approximate surface area is 179 Å². The number of thioether (sulfide) groups is 1. The Morgan fingerprint density at radius 3 is 2.58 bits per heavy atom. The number of hydrogen-bond donors (Lipinski definition) is 0. The van der Waals surface area contributed by atoms with E-state index in [2.05, 4.69) is 27.3 Å². The van der Waals surface area contributed by atoms with E-state index in [4.69, 9.17) is 8.94 Å². The smallest absolute Gasteiger partial charge is 0.416 e. The van der Waals surface area contributed by atoms with Gasteiger partial charge in [-0.05, 0) is 23.6 Å². The van der Waals surface area contributed by atoms with Crippen molar-refractivity contribution in [2.75, 3.05) is 0 Å². The molecule has 0 N–H and O–H groups in total. The lowest BCUT2D eigenvalue weighted by molar-refractivity contribution is -0.137. The Hall–Kier alpha value is -3.14. The van der Waals surface area contributed by atoms with Crippen molar-refractivity contribution in [3.63, 3.8) is 0 Å². The second-order valence-electron chi connectivity index (χ2n) is 6.86. The average molecular weight is 446 g/mol. The summed E-state index contributed by atoms with van der Waals surface area (Å²) < 4.78 is 49.5. The van der Waals surface area contributed by atoms with Crippen LogP contribution >= 0.6 is 11.8 Å². The van der Waals surface area contributed by atoms with Crippen LogP contribution in [0.5, 0.6) is 0 Å². The topological polar surface area (TPSA) is 77.8 Å². The molecule has 0 aliphatic carbocycles. The standard InChI is InChI=1S/C21H17F3N4O2S/c1-13(14-6-3-2-4-7-14)10-17-26-27-20(29-17)31-12-18-25-19(28-30-18)15-8-5-9-16(11-15)21(22,23)24/h2-9,11,13H,10,12H2,1H3. The molecule has 0 radical (unpaired) electrons. The number of nitrogens with zero attached hydrogens (tertiary/aromatic N) is 4. The highest BCUT2D eigenvalue weighted by atomic mass is 32.2. The van der Waals surface area contributed by atoms with Crippen LogP contribution in [0.15, 0.2) is 68.8 Å². The van der Waals surface area contributed by atoms with Gasteiger partial charge in [-0.1, -0.05) is 66.3 Å². The Kier molecular flexibility index (Phi) is 6.08. The van der Waals surface area contributed by atoms with Gasteiger partial charge in [0.05, 0.1) is 11.3 Å². The van der Waals surface area contributed by atoms with Gasteiger partial charge in [0.15, 0.2) is 0 Å². The SMILES string of the molecule is CC(Cc1nnc(SCc2nc(-c3cccc(C(F)(F)F)c3)no2)o1)c1ccccc1. The fourth-order valence-electron chi connectivity index (χ4n) is 2.93. The average Bonchev–Trinajstić information content (AvgIpc) is 3.42. The van der Waals surface area contributed by atoms with Gasteiger partial charge in [0.1, 0.15) is 0 Å². The summed E-state index contributed by atoms with van der Waals surface area (Å²) in [4.78, 5) is 4.16. The predicted octanol–water partition coefficient (Wildman–Crippen LogP) is 5.78. The molecule has 0 fully saturated rings. The van der Waals surface area contributed by atoms with Crippen molar-refractivity contribution in [2.24, 2.45) is 0 Å². The minimum atomic E-state index is -4.44. The van der Waals surface area contributed by atoms with Gasteiger partial charge in [0, 0.05) is 12.0 Å². The lowest BCUT2D eigenvalue weighted by Crippen LogP contribution is -2.04. The first-order chi connectivity index (χ1) is 14.9. The molecule has 1 unspecified atom stereocenters. The molecule has 0 aliphatic rings. The highest BCUT2D eigenvalue weighted by molar-refractivity contribution is 7.98. The molecule has 2 aromatic heterocycles. The van der Waals surface area contributed by atoms with Crippen LogP contribution < -0.4 is 0 Å². The van der Waals surface area contributed by atoms with Gasteiger partial charge in [-0.15, -0.1) is 10.2 Å². The maximum Gasteiger partial charge on any atom is 0.416 e. The Morgan fingerprint density at radius 1 is 1.00 bits per heavy atom. The lowest BCUT2D eigenvalue weighted by Gasteiger charge is -2.08. The fraction of sp³-hybridized carbons (Fsp3) is 0.238. The van der Waals surface area contributed by atoms with Crippen molar-refractivity contribution in [2.45, 2.75) is 36.4 Å². The van der Waals surface area contributed by atoms with Crippen LogP contribution in [0.25, 0.3) is 11.4 Å². The summed E-state index contributed by atoms with van der Waals surface area (Å²) in [7, 11) is 0. The first kappa shape index (κ1) is 21.1. The second kappa shape index (κ2) is 8.93. The summed E-state index contributed by atoms with van der Waals surface area (Å²) in [6, 6.07) is 14.8. The van der Waals surface area contributed by atoms with Gasteiger partial charge in [0.25, 0.3) is 5.22 Å². The summed E-state index contributed by atoms with van der Waals surface area (Å²) in [6.45, 7) is 2.08. The van der Waals surface area contributed by atoms with Crippen LogP contribution in [0, 0.1) is 0 Å². The third-order valence-electron chi connectivity index (χ3n) is 4.53. The van der Waals surface area contributed by atoms with E-state index in [9.17, 15) is 13.2 Å². The predicted molar refractivity (Wildman–Crippen MR) is 107 cm³/mol. The van der Waals surface area contributed by atoms with Crippen LogP contribution in [0.4, 0.5) is 13.2 Å². The maximum absolute atomic E-state index is 12.9. The van der Waals surface area contributed by atoms with Gasteiger partial charge >= 0.3 is 6.18 Å². The number of rotatable bonds is 7. The first-order valence-corrected chi connectivity index (χ1v) is 10.4. The molecule has 2 aromatic carbocycles. The van der Waals surface area contributed by atoms with Crippen molar-refractivity contribution in [3.8, 4) is 11.4 Å². The molecule has 1 atom stereocenters. The lowest BCUT2D eigenvalue weighted by atomic mass is 9.98. The third-order valence-corrected chi connectivity index (χ3v) is 5.34. The van der Waals surface area contributed by atoms with Crippen LogP contribution in [-0.4, -0.2) is 20.3 Å². The number of aromatic nitrogens is 4. The molecule has 31 heavy (non-hydrogen) atoms. The molecule has 0 saturated carbocycles. The van der Waals surface area contributed by atoms with E-state index in [1.807, 2.05) is 30.3 Å². The zero-order chi connectivity index (χ0) is 21.8. The van der Waals surface area contributed by atoms with Gasteiger partial charge in [0.2, 0.25) is 17.6 Å². The monoisotopic (exact) mass is 446 g/mol. The third kappa shape index (κ3) is 5.32. The second-order valence-corrected chi connectivity index (χ2v) is 7.78. The molecule has 6 nitrogen and oxygen atoms in total. The summed E-state index contributed by atoms with van der Waals surface area (Å²) in [6.07, 6.45) is -3.83. The molecule has 0 amide bonds. The highest BCUT2D eigenvalue weighted by Crippen LogP contribution is 2.32. The van der Waals surface area contributed by atoms with E-state index in [1.54, 1.807) is 0 Å². The fourth-order valence-corrected chi connectivity index (χ4v) is 3.55. The molecular weight excluding hydrogens is 429 g/mol. The summed E-state index contributed by atoms with van der Waals surface area (Å²) in [5.74, 6) is 1.33. The molecule has 0 saturated heterocycles. The molecule has 4 rings (SSSR count). The quantitative estimate of drug-likeness (QED) is 0.333. The Balaban J connectivity index is 1.36. The van der Waals surface area contributed by atoms with Crippen molar-refractivity contribution in [1.82, 2.24) is 20.3 Å². The van der Waals surface area contributed by atoms with E-state index in [-0.39, 0.29) is 28.9 Å². The van der Waals surface area contributed by atoms with Crippen molar-refractivity contribution < 1.29 is 22.1 Å². The van der Waals surface area contributed by atoms with Gasteiger partial charge in [-0.3, -0.25) is 0 Å². The maximum atomic E-state index is 12.9. The first-order valence-electron chi connectivity index (χ1n) is 9.39. The van der Waals surface area contributed by atoms with Crippen LogP contribution in [0.3, 0.4) is 0 Å². The van der Waals surface area contributed by atoms with Crippen molar-refractivity contribution in [1.29, 1.82) is 0 Å². The Bertz CT molecular complexity index is 1140. The minimum absolute atomic E-state index is 0.0876. The van der Waals surface area contributed by atoms with Gasteiger partial charge < -0.3 is 8.94 Å². The molecular formula is C21H17F3N4O2S. The molecule has 10 heteroatoms. The zero-order valence-corrected chi connectivity index (χ0v) is 17.2. The van der Waals surface area contributed by atoms with E-state index >= 15 is 0 Å². The van der Waals surface area contributed by atoms with Crippen molar-refractivity contribution in [3.05, 3.63) is 77.5 Å². The molecule has 0 aliphatic heterocycles. The minimum Gasteiger partial charge on any atom is -0.416 e. The zero-order valence-electron chi connectivity index (χ0n) is 16.3. The number of benzene rings is 2.